The highest BCUT2D eigenvalue weighted by molar-refractivity contribution is 7.88. The predicted molar refractivity (Wildman–Crippen MR) is 87.6 cm³/mol. The Morgan fingerprint density at radius 2 is 1.67 bits per heavy atom. The van der Waals surface area contributed by atoms with Gasteiger partial charge in [-0.25, -0.2) is 17.5 Å². The number of carbonyl (C=O) groups excluding carboxylic acids is 2. The van der Waals surface area contributed by atoms with Crippen LogP contribution in [0.4, 0.5) is 0 Å². The van der Waals surface area contributed by atoms with E-state index in [1.54, 1.807) is 11.8 Å². The number of sulfonamides is 1. The summed E-state index contributed by atoms with van der Waals surface area (Å²) in [5.41, 5.74) is -0.141. The SMILES string of the molecule is CC1=C(C(=O)N2CCCCC2)C2(CCN(S(C)(=O)=O)CC2)OC1=O. The number of ether oxygens (including phenoxy) is 1. The number of hydrogen-bond donors (Lipinski definition) is 0. The van der Waals surface area contributed by atoms with Crippen LogP contribution in [-0.2, 0) is 24.3 Å². The lowest BCUT2D eigenvalue weighted by atomic mass is 9.83. The zero-order valence-corrected chi connectivity index (χ0v) is 15.0. The van der Waals surface area contributed by atoms with Crippen LogP contribution in [0.5, 0.6) is 0 Å². The van der Waals surface area contributed by atoms with Crippen molar-refractivity contribution < 1.29 is 22.7 Å². The van der Waals surface area contributed by atoms with Gasteiger partial charge in [-0.3, -0.25) is 4.79 Å². The quantitative estimate of drug-likeness (QED) is 0.679. The molecule has 2 fully saturated rings. The highest BCUT2D eigenvalue weighted by Gasteiger charge is 2.52. The van der Waals surface area contributed by atoms with Crippen LogP contribution in [0.2, 0.25) is 0 Å². The number of likely N-dealkylation sites (tertiary alicyclic amines) is 1. The van der Waals surface area contributed by atoms with E-state index in [0.29, 0.717) is 37.1 Å². The van der Waals surface area contributed by atoms with Crippen molar-refractivity contribution in [3.8, 4) is 0 Å². The molecule has 0 radical (unpaired) electrons. The average Bonchev–Trinajstić information content (AvgIpc) is 2.77. The van der Waals surface area contributed by atoms with Gasteiger partial charge >= 0.3 is 5.97 Å². The third-order valence-electron chi connectivity index (χ3n) is 5.28. The summed E-state index contributed by atoms with van der Waals surface area (Å²) >= 11 is 0. The monoisotopic (exact) mass is 356 g/mol. The topological polar surface area (TPSA) is 84.0 Å². The molecule has 0 aromatic carbocycles. The van der Waals surface area contributed by atoms with Gasteiger partial charge in [-0.05, 0) is 26.2 Å². The maximum absolute atomic E-state index is 13.0. The minimum absolute atomic E-state index is 0.120. The van der Waals surface area contributed by atoms with Crippen LogP contribution in [0.25, 0.3) is 0 Å². The molecule has 0 saturated carbocycles. The molecule has 0 aromatic rings. The fourth-order valence-electron chi connectivity index (χ4n) is 3.89. The standard InChI is InChI=1S/C16H24N2O5S/c1-12-13(14(19)17-8-4-3-5-9-17)16(23-15(12)20)6-10-18(11-7-16)24(2,21)22/h3-11H2,1-2H3. The lowest BCUT2D eigenvalue weighted by molar-refractivity contribution is -0.150. The second-order valence-corrected chi connectivity index (χ2v) is 8.88. The molecular weight excluding hydrogens is 332 g/mol. The summed E-state index contributed by atoms with van der Waals surface area (Å²) in [5.74, 6) is -0.575. The van der Waals surface area contributed by atoms with Gasteiger partial charge in [0.05, 0.1) is 11.8 Å². The molecule has 3 heterocycles. The van der Waals surface area contributed by atoms with E-state index in [1.807, 2.05) is 0 Å². The first-order valence-corrected chi connectivity index (χ1v) is 10.3. The van der Waals surface area contributed by atoms with Crippen molar-refractivity contribution in [2.75, 3.05) is 32.4 Å². The lowest BCUT2D eigenvalue weighted by Crippen LogP contribution is -2.51. The predicted octanol–water partition coefficient (Wildman–Crippen LogP) is 0.666. The molecule has 0 N–H and O–H groups in total. The van der Waals surface area contributed by atoms with Crippen molar-refractivity contribution in [1.29, 1.82) is 0 Å². The molecule has 2 saturated heterocycles. The van der Waals surface area contributed by atoms with Crippen LogP contribution in [0.1, 0.15) is 39.0 Å². The third-order valence-corrected chi connectivity index (χ3v) is 6.58. The van der Waals surface area contributed by atoms with Crippen molar-refractivity contribution >= 4 is 21.9 Å². The summed E-state index contributed by atoms with van der Waals surface area (Å²) in [4.78, 5) is 27.0. The maximum Gasteiger partial charge on any atom is 0.335 e. The smallest absolute Gasteiger partial charge is 0.335 e. The van der Waals surface area contributed by atoms with Gasteiger partial charge in [-0.15, -0.1) is 0 Å². The summed E-state index contributed by atoms with van der Waals surface area (Å²) in [6, 6.07) is 0. The zero-order valence-electron chi connectivity index (χ0n) is 14.2. The second kappa shape index (κ2) is 6.15. The normalized spacial score (nSPS) is 25.2. The first-order chi connectivity index (χ1) is 11.2. The van der Waals surface area contributed by atoms with E-state index in [-0.39, 0.29) is 19.0 Å². The first kappa shape index (κ1) is 17.4. The molecule has 0 atom stereocenters. The van der Waals surface area contributed by atoms with Crippen molar-refractivity contribution in [1.82, 2.24) is 9.21 Å². The Kier molecular flexibility index (Phi) is 4.46. The maximum atomic E-state index is 13.0. The highest BCUT2D eigenvalue weighted by atomic mass is 32.2. The molecule has 7 nitrogen and oxygen atoms in total. The fourth-order valence-corrected chi connectivity index (χ4v) is 4.74. The molecule has 0 aliphatic carbocycles. The van der Waals surface area contributed by atoms with Gasteiger partial charge in [-0.2, -0.15) is 0 Å². The minimum Gasteiger partial charge on any atom is -0.450 e. The molecule has 134 valence electrons. The Balaban J connectivity index is 1.86. The number of piperidine rings is 2. The van der Waals surface area contributed by atoms with Gasteiger partial charge in [0.25, 0.3) is 5.91 Å². The third kappa shape index (κ3) is 2.97. The average molecular weight is 356 g/mol. The Morgan fingerprint density at radius 3 is 2.21 bits per heavy atom. The Morgan fingerprint density at radius 1 is 1.08 bits per heavy atom. The van der Waals surface area contributed by atoms with Crippen LogP contribution in [0, 0.1) is 0 Å². The summed E-state index contributed by atoms with van der Waals surface area (Å²) in [7, 11) is -3.28. The Labute approximate surface area is 142 Å². The minimum atomic E-state index is -3.28. The van der Waals surface area contributed by atoms with E-state index in [2.05, 4.69) is 0 Å². The molecule has 3 aliphatic rings. The highest BCUT2D eigenvalue weighted by Crippen LogP contribution is 2.42. The van der Waals surface area contributed by atoms with Gasteiger partial charge in [0, 0.05) is 44.6 Å². The summed E-state index contributed by atoms with van der Waals surface area (Å²) < 4.78 is 30.4. The number of carbonyl (C=O) groups is 2. The van der Waals surface area contributed by atoms with Gasteiger partial charge in [-0.1, -0.05) is 0 Å². The largest absolute Gasteiger partial charge is 0.450 e. The molecule has 1 spiro atoms. The zero-order chi connectivity index (χ0) is 17.5. The van der Waals surface area contributed by atoms with E-state index in [0.717, 1.165) is 19.3 Å². The van der Waals surface area contributed by atoms with Crippen LogP contribution in [0.3, 0.4) is 0 Å². The number of rotatable bonds is 2. The second-order valence-electron chi connectivity index (χ2n) is 6.90. The van der Waals surface area contributed by atoms with Gasteiger partial charge in [0.2, 0.25) is 10.0 Å². The van der Waals surface area contributed by atoms with Crippen LogP contribution < -0.4 is 0 Å². The van der Waals surface area contributed by atoms with Crippen LogP contribution in [-0.4, -0.2) is 67.5 Å². The molecule has 0 unspecified atom stereocenters. The summed E-state index contributed by atoms with van der Waals surface area (Å²) in [6.45, 7) is 3.56. The fraction of sp³-hybridized carbons (Fsp3) is 0.750. The molecule has 0 aromatic heterocycles. The molecule has 3 rings (SSSR count). The number of nitrogens with zero attached hydrogens (tertiary/aromatic N) is 2. The molecule has 0 bridgehead atoms. The molecule has 3 aliphatic heterocycles. The van der Waals surface area contributed by atoms with Crippen LogP contribution >= 0.6 is 0 Å². The van der Waals surface area contributed by atoms with Gasteiger partial charge in [0.15, 0.2) is 0 Å². The van der Waals surface area contributed by atoms with E-state index in [4.69, 9.17) is 4.74 Å². The Bertz CT molecular complexity index is 683. The van der Waals surface area contributed by atoms with Crippen LogP contribution in [0.15, 0.2) is 11.1 Å². The van der Waals surface area contributed by atoms with E-state index >= 15 is 0 Å². The van der Waals surface area contributed by atoms with Crippen molar-refractivity contribution in [3.05, 3.63) is 11.1 Å². The van der Waals surface area contributed by atoms with Gasteiger partial charge in [0.1, 0.15) is 5.60 Å². The number of hydrogen-bond acceptors (Lipinski definition) is 5. The van der Waals surface area contributed by atoms with Crippen molar-refractivity contribution in [2.24, 2.45) is 0 Å². The summed E-state index contributed by atoms with van der Waals surface area (Å²) in [5, 5.41) is 0. The van der Waals surface area contributed by atoms with E-state index < -0.39 is 21.6 Å². The van der Waals surface area contributed by atoms with Crippen molar-refractivity contribution in [2.45, 2.75) is 44.6 Å². The molecule has 24 heavy (non-hydrogen) atoms. The molecule has 8 heteroatoms. The Hall–Kier alpha value is -1.41. The van der Waals surface area contributed by atoms with Gasteiger partial charge < -0.3 is 9.64 Å². The lowest BCUT2D eigenvalue weighted by Gasteiger charge is -2.39. The number of esters is 1. The first-order valence-electron chi connectivity index (χ1n) is 8.44. The number of amides is 1. The summed E-state index contributed by atoms with van der Waals surface area (Å²) in [6.07, 6.45) is 4.90. The van der Waals surface area contributed by atoms with E-state index in [9.17, 15) is 18.0 Å². The van der Waals surface area contributed by atoms with Crippen molar-refractivity contribution in [3.63, 3.8) is 0 Å². The molecular formula is C16H24N2O5S. The molecule has 1 amide bonds. The van der Waals surface area contributed by atoms with E-state index in [1.165, 1.54) is 10.6 Å².